The molecule has 11 heteroatoms. The maximum Gasteiger partial charge on any atom is 0.417 e. The van der Waals surface area contributed by atoms with Crippen LogP contribution >= 0.6 is 0 Å². The fourth-order valence-corrected chi connectivity index (χ4v) is 2.72. The lowest BCUT2D eigenvalue weighted by atomic mass is 10.1. The summed E-state index contributed by atoms with van der Waals surface area (Å²) in [4.78, 5) is 15.0. The van der Waals surface area contributed by atoms with Crippen LogP contribution in [0.1, 0.15) is 11.1 Å². The lowest BCUT2D eigenvalue weighted by Crippen LogP contribution is -2.06. The molecular formula is C19H11F6N5. The molecule has 0 saturated heterocycles. The van der Waals surface area contributed by atoms with E-state index < -0.39 is 23.5 Å². The van der Waals surface area contributed by atoms with Crippen LogP contribution in [0.5, 0.6) is 0 Å². The van der Waals surface area contributed by atoms with Crippen LogP contribution in [-0.2, 0) is 12.4 Å². The molecule has 0 bridgehead atoms. The summed E-state index contributed by atoms with van der Waals surface area (Å²) in [5.41, 5.74) is -0.538. The first-order valence-electron chi connectivity index (χ1n) is 8.43. The molecule has 4 aromatic rings. The van der Waals surface area contributed by atoms with Crippen LogP contribution in [-0.4, -0.2) is 19.9 Å². The Morgan fingerprint density at radius 1 is 0.767 bits per heavy atom. The first kappa shape index (κ1) is 19.7. The van der Waals surface area contributed by atoms with Crippen molar-refractivity contribution >= 4 is 22.7 Å². The summed E-state index contributed by atoms with van der Waals surface area (Å²) in [5, 5.41) is 2.76. The van der Waals surface area contributed by atoms with Crippen molar-refractivity contribution in [3.05, 3.63) is 66.0 Å². The van der Waals surface area contributed by atoms with Crippen LogP contribution in [0, 0.1) is 0 Å². The standard InChI is InChI=1S/C19H11F6N5/c20-18(21,22)11-3-1-2-10(6-11)17-28-13-7-16(27-9-14(13)29-17)30-15-5-4-12(8-26-15)19(23,24)25/h1-9H,(H,28,29)(H,26,27,30). The van der Waals surface area contributed by atoms with Gasteiger partial charge in [0, 0.05) is 17.8 Å². The lowest BCUT2D eigenvalue weighted by molar-refractivity contribution is -0.138. The number of fused-ring (bicyclic) bond motifs is 1. The highest BCUT2D eigenvalue weighted by Gasteiger charge is 2.31. The van der Waals surface area contributed by atoms with Gasteiger partial charge in [0.2, 0.25) is 0 Å². The van der Waals surface area contributed by atoms with Crippen molar-refractivity contribution in [1.29, 1.82) is 0 Å². The van der Waals surface area contributed by atoms with E-state index in [0.717, 1.165) is 24.3 Å². The van der Waals surface area contributed by atoms with E-state index in [1.807, 2.05) is 0 Å². The number of pyridine rings is 2. The molecule has 1 aromatic carbocycles. The minimum Gasteiger partial charge on any atom is -0.337 e. The summed E-state index contributed by atoms with van der Waals surface area (Å²) in [7, 11) is 0. The first-order valence-corrected chi connectivity index (χ1v) is 8.43. The van der Waals surface area contributed by atoms with Gasteiger partial charge in [0.05, 0.1) is 28.4 Å². The van der Waals surface area contributed by atoms with Crippen molar-refractivity contribution in [2.24, 2.45) is 0 Å². The van der Waals surface area contributed by atoms with Gasteiger partial charge < -0.3 is 10.3 Å². The topological polar surface area (TPSA) is 66.5 Å². The number of hydrogen-bond donors (Lipinski definition) is 2. The molecule has 0 atom stereocenters. The molecule has 0 aliphatic heterocycles. The van der Waals surface area contributed by atoms with Crippen LogP contribution in [0.3, 0.4) is 0 Å². The predicted molar refractivity (Wildman–Crippen MR) is 96.8 cm³/mol. The number of alkyl halides is 6. The Labute approximate surface area is 164 Å². The highest BCUT2D eigenvalue weighted by Crippen LogP contribution is 2.32. The number of aromatic nitrogens is 4. The second-order valence-electron chi connectivity index (χ2n) is 6.31. The molecule has 30 heavy (non-hydrogen) atoms. The van der Waals surface area contributed by atoms with Crippen LogP contribution in [0.2, 0.25) is 0 Å². The molecule has 0 unspecified atom stereocenters. The molecule has 0 radical (unpaired) electrons. The molecule has 0 spiro atoms. The molecule has 2 N–H and O–H groups in total. The van der Waals surface area contributed by atoms with Crippen molar-refractivity contribution in [2.45, 2.75) is 12.4 Å². The maximum absolute atomic E-state index is 12.9. The second-order valence-corrected chi connectivity index (χ2v) is 6.31. The van der Waals surface area contributed by atoms with E-state index in [-0.39, 0.29) is 23.0 Å². The van der Waals surface area contributed by atoms with Crippen LogP contribution in [0.25, 0.3) is 22.4 Å². The van der Waals surface area contributed by atoms with Crippen LogP contribution in [0.15, 0.2) is 54.9 Å². The number of H-pyrrole nitrogens is 1. The number of rotatable bonds is 3. The third-order valence-corrected chi connectivity index (χ3v) is 4.18. The van der Waals surface area contributed by atoms with Gasteiger partial charge >= 0.3 is 12.4 Å². The highest BCUT2D eigenvalue weighted by atomic mass is 19.4. The number of nitrogens with one attached hydrogen (secondary N) is 2. The Balaban J connectivity index is 1.60. The summed E-state index contributed by atoms with van der Waals surface area (Å²) >= 11 is 0. The quantitative estimate of drug-likeness (QED) is 0.409. The van der Waals surface area contributed by atoms with Gasteiger partial charge in [-0.05, 0) is 24.3 Å². The van der Waals surface area contributed by atoms with Gasteiger partial charge in [0.15, 0.2) is 0 Å². The van der Waals surface area contributed by atoms with E-state index in [9.17, 15) is 26.3 Å². The third-order valence-electron chi connectivity index (χ3n) is 4.18. The van der Waals surface area contributed by atoms with Gasteiger partial charge in [-0.2, -0.15) is 26.3 Å². The third kappa shape index (κ3) is 4.04. The Morgan fingerprint density at radius 2 is 1.50 bits per heavy atom. The molecule has 3 aromatic heterocycles. The van der Waals surface area contributed by atoms with Gasteiger partial charge in [-0.1, -0.05) is 12.1 Å². The van der Waals surface area contributed by atoms with Crippen LogP contribution < -0.4 is 5.32 Å². The Bertz CT molecular complexity index is 1190. The normalized spacial score (nSPS) is 12.3. The number of hydrogen-bond acceptors (Lipinski definition) is 4. The number of imidazole rings is 1. The molecule has 154 valence electrons. The number of benzene rings is 1. The van der Waals surface area contributed by atoms with E-state index in [0.29, 0.717) is 17.2 Å². The molecule has 0 amide bonds. The zero-order valence-corrected chi connectivity index (χ0v) is 14.8. The van der Waals surface area contributed by atoms with Crippen LogP contribution in [0.4, 0.5) is 38.0 Å². The van der Waals surface area contributed by atoms with E-state index >= 15 is 0 Å². The summed E-state index contributed by atoms with van der Waals surface area (Å²) in [6.45, 7) is 0. The Kier molecular flexibility index (Phi) is 4.60. The SMILES string of the molecule is FC(F)(F)c1ccc(Nc2cc3nc(-c4cccc(C(F)(F)F)c4)[nH]c3cn2)nc1. The largest absolute Gasteiger partial charge is 0.417 e. The van der Waals surface area contributed by atoms with Gasteiger partial charge in [-0.15, -0.1) is 0 Å². The van der Waals surface area contributed by atoms with Crippen molar-refractivity contribution in [1.82, 2.24) is 19.9 Å². The van der Waals surface area contributed by atoms with Crippen molar-refractivity contribution < 1.29 is 26.3 Å². The summed E-state index contributed by atoms with van der Waals surface area (Å²) in [6, 6.07) is 8.27. The smallest absolute Gasteiger partial charge is 0.337 e. The predicted octanol–water partition coefficient (Wildman–Crippen LogP) is 5.80. The Morgan fingerprint density at radius 3 is 2.17 bits per heavy atom. The maximum atomic E-state index is 12.9. The molecule has 4 rings (SSSR count). The van der Waals surface area contributed by atoms with Gasteiger partial charge in [0.25, 0.3) is 0 Å². The van der Waals surface area contributed by atoms with Gasteiger partial charge in [-0.3, -0.25) is 0 Å². The van der Waals surface area contributed by atoms with E-state index in [2.05, 4.69) is 25.3 Å². The van der Waals surface area contributed by atoms with Crippen molar-refractivity contribution in [2.75, 3.05) is 5.32 Å². The van der Waals surface area contributed by atoms with E-state index in [1.54, 1.807) is 0 Å². The fraction of sp³-hybridized carbons (Fsp3) is 0.105. The zero-order chi connectivity index (χ0) is 21.5. The monoisotopic (exact) mass is 423 g/mol. The van der Waals surface area contributed by atoms with E-state index in [4.69, 9.17) is 0 Å². The molecule has 0 aliphatic rings. The van der Waals surface area contributed by atoms with Crippen molar-refractivity contribution in [3.63, 3.8) is 0 Å². The molecule has 0 saturated carbocycles. The number of anilines is 2. The Hall–Kier alpha value is -3.63. The minimum atomic E-state index is -4.49. The highest BCUT2D eigenvalue weighted by molar-refractivity contribution is 5.81. The summed E-state index contributed by atoms with van der Waals surface area (Å²) in [5.74, 6) is 0.628. The van der Waals surface area contributed by atoms with Gasteiger partial charge in [0.1, 0.15) is 17.5 Å². The fourth-order valence-electron chi connectivity index (χ4n) is 2.72. The second kappa shape index (κ2) is 7.01. The molecule has 0 aliphatic carbocycles. The molecular weight excluding hydrogens is 412 g/mol. The first-order chi connectivity index (χ1) is 14.1. The van der Waals surface area contributed by atoms with E-state index in [1.165, 1.54) is 24.4 Å². The molecule has 0 fully saturated rings. The average Bonchev–Trinajstić information content (AvgIpc) is 3.11. The average molecular weight is 423 g/mol. The molecule has 5 nitrogen and oxygen atoms in total. The molecule has 3 heterocycles. The zero-order valence-electron chi connectivity index (χ0n) is 14.8. The van der Waals surface area contributed by atoms with Crippen molar-refractivity contribution in [3.8, 4) is 11.4 Å². The number of nitrogens with zero attached hydrogens (tertiary/aromatic N) is 3. The summed E-state index contributed by atoms with van der Waals surface area (Å²) in [6.07, 6.45) is -6.86. The van der Waals surface area contributed by atoms with Gasteiger partial charge in [-0.25, -0.2) is 15.0 Å². The number of aromatic amines is 1. The lowest BCUT2D eigenvalue weighted by Gasteiger charge is -2.08. The number of halogens is 6. The summed E-state index contributed by atoms with van der Waals surface area (Å²) < 4.78 is 76.6. The minimum absolute atomic E-state index is 0.142.